The molecule has 24 heavy (non-hydrogen) atoms. The average molecular weight is 322 g/mol. The van der Waals surface area contributed by atoms with Gasteiger partial charge in [0.2, 0.25) is 0 Å². The molecule has 1 saturated carbocycles. The van der Waals surface area contributed by atoms with Gasteiger partial charge in [-0.3, -0.25) is 4.79 Å². The van der Waals surface area contributed by atoms with Crippen LogP contribution in [0.2, 0.25) is 0 Å². The Bertz CT molecular complexity index is 722. The van der Waals surface area contributed by atoms with Gasteiger partial charge in [0.1, 0.15) is 0 Å². The van der Waals surface area contributed by atoms with Crippen molar-refractivity contribution in [2.45, 2.75) is 50.4 Å². The highest BCUT2D eigenvalue weighted by molar-refractivity contribution is 5.93. The Kier molecular flexibility index (Phi) is 5.03. The lowest BCUT2D eigenvalue weighted by Gasteiger charge is -2.35. The van der Waals surface area contributed by atoms with Crippen molar-refractivity contribution in [3.8, 4) is 0 Å². The molecule has 2 heteroatoms. The number of carboxylic acids is 1. The van der Waals surface area contributed by atoms with E-state index in [0.717, 1.165) is 29.2 Å². The topological polar surface area (TPSA) is 37.3 Å². The summed E-state index contributed by atoms with van der Waals surface area (Å²) in [4.78, 5) is 12.5. The van der Waals surface area contributed by atoms with Crippen LogP contribution in [0.15, 0.2) is 55.1 Å². The van der Waals surface area contributed by atoms with E-state index in [0.29, 0.717) is 18.8 Å². The maximum absolute atomic E-state index is 12.5. The number of carboxylic acid groups (broad SMARTS) is 1. The van der Waals surface area contributed by atoms with Gasteiger partial charge in [-0.1, -0.05) is 80.6 Å². The summed E-state index contributed by atoms with van der Waals surface area (Å²) in [6, 6.07) is 14.1. The number of hydrogen-bond acceptors (Lipinski definition) is 1. The van der Waals surface area contributed by atoms with Crippen molar-refractivity contribution >= 4 is 16.7 Å². The molecule has 1 aliphatic rings. The number of allylic oxidation sites excluding steroid dienone is 1. The molecule has 1 aliphatic carbocycles. The van der Waals surface area contributed by atoms with E-state index in [1.807, 2.05) is 30.3 Å². The minimum absolute atomic E-state index is 0.479. The van der Waals surface area contributed by atoms with Crippen LogP contribution in [0, 0.1) is 5.92 Å². The van der Waals surface area contributed by atoms with Gasteiger partial charge in [0, 0.05) is 0 Å². The summed E-state index contributed by atoms with van der Waals surface area (Å²) in [5.41, 5.74) is 0.0727. The molecule has 3 rings (SSSR count). The van der Waals surface area contributed by atoms with Crippen molar-refractivity contribution in [2.75, 3.05) is 0 Å². The first kappa shape index (κ1) is 16.8. The molecule has 2 aromatic carbocycles. The van der Waals surface area contributed by atoms with Gasteiger partial charge in [-0.15, -0.1) is 6.58 Å². The molecule has 0 heterocycles. The molecule has 2 aromatic rings. The summed E-state index contributed by atoms with van der Waals surface area (Å²) >= 11 is 0. The van der Waals surface area contributed by atoms with E-state index in [1.165, 1.54) is 19.3 Å². The van der Waals surface area contributed by atoms with Crippen LogP contribution in [0.4, 0.5) is 0 Å². The van der Waals surface area contributed by atoms with Crippen LogP contribution in [-0.2, 0) is 10.2 Å². The summed E-state index contributed by atoms with van der Waals surface area (Å²) in [5, 5.41) is 12.4. The monoisotopic (exact) mass is 322 g/mol. The number of rotatable bonds is 6. The molecule has 0 bridgehead atoms. The van der Waals surface area contributed by atoms with Crippen molar-refractivity contribution in [2.24, 2.45) is 5.92 Å². The molecule has 2 nitrogen and oxygen atoms in total. The Balaban J connectivity index is 2.11. The smallest absolute Gasteiger partial charge is 0.314 e. The highest BCUT2D eigenvalue weighted by Gasteiger charge is 2.42. The van der Waals surface area contributed by atoms with Gasteiger partial charge < -0.3 is 5.11 Å². The summed E-state index contributed by atoms with van der Waals surface area (Å²) in [5.74, 6) is -0.224. The number of benzene rings is 2. The van der Waals surface area contributed by atoms with Gasteiger partial charge in [-0.2, -0.15) is 0 Å². The molecule has 0 spiro atoms. The predicted molar refractivity (Wildman–Crippen MR) is 99.3 cm³/mol. The molecular weight excluding hydrogens is 296 g/mol. The third-order valence-corrected chi connectivity index (χ3v) is 5.57. The fourth-order valence-corrected chi connectivity index (χ4v) is 4.37. The molecule has 0 radical (unpaired) electrons. The van der Waals surface area contributed by atoms with Gasteiger partial charge in [0.15, 0.2) is 0 Å². The van der Waals surface area contributed by atoms with Crippen LogP contribution in [0.25, 0.3) is 10.8 Å². The Labute approximate surface area is 144 Å². The first-order chi connectivity index (χ1) is 11.7. The molecule has 0 aliphatic heterocycles. The molecule has 1 N–H and O–H groups in total. The second kappa shape index (κ2) is 7.21. The largest absolute Gasteiger partial charge is 0.481 e. The lowest BCUT2D eigenvalue weighted by Crippen LogP contribution is -2.38. The van der Waals surface area contributed by atoms with E-state index in [-0.39, 0.29) is 0 Å². The summed E-state index contributed by atoms with van der Waals surface area (Å²) < 4.78 is 0. The van der Waals surface area contributed by atoms with Crippen molar-refractivity contribution in [3.63, 3.8) is 0 Å². The highest BCUT2D eigenvalue weighted by atomic mass is 16.4. The van der Waals surface area contributed by atoms with Crippen LogP contribution in [0.1, 0.15) is 50.5 Å². The molecular formula is C22H26O2. The predicted octanol–water partition coefficient (Wildman–Crippen LogP) is 5.71. The summed E-state index contributed by atoms with van der Waals surface area (Å²) in [6.45, 7) is 3.86. The van der Waals surface area contributed by atoms with Crippen LogP contribution in [0.3, 0.4) is 0 Å². The van der Waals surface area contributed by atoms with Gasteiger partial charge in [-0.25, -0.2) is 0 Å². The normalized spacial score (nSPS) is 18.2. The fraction of sp³-hybridized carbons (Fsp3) is 0.409. The van der Waals surface area contributed by atoms with E-state index in [9.17, 15) is 9.90 Å². The first-order valence-electron chi connectivity index (χ1n) is 9.00. The van der Waals surface area contributed by atoms with Crippen LogP contribution in [-0.4, -0.2) is 11.1 Å². The van der Waals surface area contributed by atoms with Crippen molar-refractivity contribution < 1.29 is 9.90 Å². The maximum atomic E-state index is 12.5. The molecule has 0 aromatic heterocycles. The number of hydrogen-bond donors (Lipinski definition) is 1. The SMILES string of the molecule is C=CC[C@@](CC1CCCCC1)(C(=O)O)c1cccc2ccccc12. The summed E-state index contributed by atoms with van der Waals surface area (Å²) in [6.07, 6.45) is 9.00. The zero-order valence-electron chi connectivity index (χ0n) is 14.2. The Morgan fingerprint density at radius 2 is 1.83 bits per heavy atom. The molecule has 126 valence electrons. The number of carbonyl (C=O) groups is 1. The third kappa shape index (κ3) is 3.10. The van der Waals surface area contributed by atoms with Crippen LogP contribution in [0.5, 0.6) is 0 Å². The van der Waals surface area contributed by atoms with Gasteiger partial charge >= 0.3 is 5.97 Å². The van der Waals surface area contributed by atoms with E-state index in [2.05, 4.69) is 18.7 Å². The molecule has 1 atom stereocenters. The van der Waals surface area contributed by atoms with Gasteiger partial charge in [0.25, 0.3) is 0 Å². The van der Waals surface area contributed by atoms with Gasteiger partial charge in [0.05, 0.1) is 5.41 Å². The minimum Gasteiger partial charge on any atom is -0.481 e. The quantitative estimate of drug-likeness (QED) is 0.692. The Morgan fingerprint density at radius 1 is 1.12 bits per heavy atom. The Hall–Kier alpha value is -2.09. The van der Waals surface area contributed by atoms with E-state index >= 15 is 0 Å². The molecule has 0 amide bonds. The number of aliphatic carboxylic acids is 1. The Morgan fingerprint density at radius 3 is 2.54 bits per heavy atom. The molecule has 1 fully saturated rings. The fourth-order valence-electron chi connectivity index (χ4n) is 4.37. The van der Waals surface area contributed by atoms with Crippen LogP contribution >= 0.6 is 0 Å². The summed E-state index contributed by atoms with van der Waals surface area (Å²) in [7, 11) is 0. The highest BCUT2D eigenvalue weighted by Crippen LogP contribution is 2.42. The zero-order chi connectivity index (χ0) is 17.0. The van der Waals surface area contributed by atoms with Crippen molar-refractivity contribution in [3.05, 3.63) is 60.7 Å². The standard InChI is InChI=1S/C22H26O2/c1-2-15-22(21(23)24,16-17-9-4-3-5-10-17)20-14-8-12-18-11-6-7-13-19(18)20/h2,6-8,11-14,17H,1,3-5,9-10,15-16H2,(H,23,24)/t22-/m0/s1. The third-order valence-electron chi connectivity index (χ3n) is 5.57. The van der Waals surface area contributed by atoms with E-state index < -0.39 is 11.4 Å². The average Bonchev–Trinajstić information content (AvgIpc) is 2.61. The lowest BCUT2D eigenvalue weighted by atomic mass is 9.67. The number of fused-ring (bicyclic) bond motifs is 1. The minimum atomic E-state index is -0.870. The van der Waals surface area contributed by atoms with Crippen LogP contribution < -0.4 is 0 Å². The van der Waals surface area contributed by atoms with E-state index in [1.54, 1.807) is 6.08 Å². The molecule has 0 unspecified atom stereocenters. The second-order valence-corrected chi connectivity index (χ2v) is 7.11. The first-order valence-corrected chi connectivity index (χ1v) is 9.00. The maximum Gasteiger partial charge on any atom is 0.314 e. The van der Waals surface area contributed by atoms with Crippen molar-refractivity contribution in [1.29, 1.82) is 0 Å². The second-order valence-electron chi connectivity index (χ2n) is 7.11. The zero-order valence-corrected chi connectivity index (χ0v) is 14.2. The lowest BCUT2D eigenvalue weighted by molar-refractivity contribution is -0.144. The van der Waals surface area contributed by atoms with Crippen molar-refractivity contribution in [1.82, 2.24) is 0 Å². The van der Waals surface area contributed by atoms with Gasteiger partial charge in [-0.05, 0) is 35.1 Å². The van der Waals surface area contributed by atoms with E-state index in [4.69, 9.17) is 0 Å². The molecule has 0 saturated heterocycles.